The van der Waals surface area contributed by atoms with E-state index in [0.717, 1.165) is 0 Å². The van der Waals surface area contributed by atoms with Crippen molar-refractivity contribution in [1.29, 1.82) is 0 Å². The van der Waals surface area contributed by atoms with Crippen molar-refractivity contribution in [3.63, 3.8) is 0 Å². The fraction of sp³-hybridized carbons (Fsp3) is 0.333. The molecule has 23 heavy (non-hydrogen) atoms. The molecule has 5 nitrogen and oxygen atoms in total. The second-order valence-corrected chi connectivity index (χ2v) is 7.77. The molecule has 1 heterocycles. The van der Waals surface area contributed by atoms with Gasteiger partial charge in [-0.05, 0) is 24.6 Å². The number of hydrogen-bond donors (Lipinski definition) is 1. The van der Waals surface area contributed by atoms with Crippen molar-refractivity contribution in [3.05, 3.63) is 46.2 Å². The van der Waals surface area contributed by atoms with Crippen LogP contribution in [-0.2, 0) is 10.8 Å². The van der Waals surface area contributed by atoms with Gasteiger partial charge in [0.25, 0.3) is 5.91 Å². The van der Waals surface area contributed by atoms with Gasteiger partial charge in [0, 0.05) is 40.1 Å². The van der Waals surface area contributed by atoms with Gasteiger partial charge in [-0.3, -0.25) is 9.00 Å². The van der Waals surface area contributed by atoms with Crippen LogP contribution in [0.2, 0.25) is 10.0 Å². The third kappa shape index (κ3) is 4.80. The Bertz CT molecular complexity index is 733. The maximum atomic E-state index is 12.1. The summed E-state index contributed by atoms with van der Waals surface area (Å²) in [7, 11) is -0.888. The van der Waals surface area contributed by atoms with Gasteiger partial charge in [-0.1, -0.05) is 30.1 Å². The van der Waals surface area contributed by atoms with Crippen LogP contribution >= 0.6 is 23.2 Å². The Morgan fingerprint density at radius 3 is 2.83 bits per heavy atom. The van der Waals surface area contributed by atoms with Crippen molar-refractivity contribution in [1.82, 2.24) is 15.1 Å². The Balaban J connectivity index is 2.01. The Morgan fingerprint density at radius 1 is 1.43 bits per heavy atom. The zero-order chi connectivity index (χ0) is 17.0. The van der Waals surface area contributed by atoms with Gasteiger partial charge in [0.2, 0.25) is 0 Å². The first-order valence-electron chi connectivity index (χ1n) is 6.99. The summed E-state index contributed by atoms with van der Waals surface area (Å²) in [5.74, 6) is -0.226. The minimum absolute atomic E-state index is 0.0471. The maximum Gasteiger partial charge on any atom is 0.254 e. The van der Waals surface area contributed by atoms with Gasteiger partial charge in [-0.15, -0.1) is 0 Å². The number of amides is 1. The Hall–Kier alpha value is -1.37. The average molecular weight is 374 g/mol. The summed E-state index contributed by atoms with van der Waals surface area (Å²) < 4.78 is 12.8. The lowest BCUT2D eigenvalue weighted by molar-refractivity contribution is 0.0953. The molecule has 1 aromatic carbocycles. The maximum absolute atomic E-state index is 12.1. The molecule has 1 N–H and O–H groups in total. The molecule has 0 aliphatic heterocycles. The van der Waals surface area contributed by atoms with Crippen LogP contribution in [0.15, 0.2) is 30.6 Å². The highest BCUT2D eigenvalue weighted by atomic mass is 35.5. The second-order valence-electron chi connectivity index (χ2n) is 5.12. The van der Waals surface area contributed by atoms with Gasteiger partial charge in [0.05, 0.1) is 22.5 Å². The summed E-state index contributed by atoms with van der Waals surface area (Å²) >= 11 is 12.0. The summed E-state index contributed by atoms with van der Waals surface area (Å²) in [6, 6.07) is 5.06. The van der Waals surface area contributed by atoms with Crippen LogP contribution in [0.5, 0.6) is 0 Å². The fourth-order valence-corrected chi connectivity index (χ4v) is 2.84. The molecule has 2 aromatic rings. The average Bonchev–Trinajstić information content (AvgIpc) is 2.96. The first-order chi connectivity index (χ1) is 10.9. The van der Waals surface area contributed by atoms with Gasteiger partial charge < -0.3 is 5.32 Å². The predicted octanol–water partition coefficient (Wildman–Crippen LogP) is 3.07. The van der Waals surface area contributed by atoms with E-state index in [9.17, 15) is 9.00 Å². The largest absolute Gasteiger partial charge is 0.352 e. The number of halogens is 2. The molecule has 0 fully saturated rings. The molecule has 0 spiro atoms. The highest BCUT2D eigenvalue weighted by molar-refractivity contribution is 7.84. The Kier molecular flexibility index (Phi) is 6.21. The molecule has 0 bridgehead atoms. The fourth-order valence-electron chi connectivity index (χ4n) is 1.90. The summed E-state index contributed by atoms with van der Waals surface area (Å²) in [4.78, 5) is 12.1. The van der Waals surface area contributed by atoms with Crippen LogP contribution in [0, 0.1) is 0 Å². The zero-order valence-corrected chi connectivity index (χ0v) is 15.1. The smallest absolute Gasteiger partial charge is 0.254 e. The van der Waals surface area contributed by atoms with Crippen molar-refractivity contribution in [2.75, 3.05) is 12.8 Å². The number of rotatable bonds is 6. The molecule has 1 aromatic heterocycles. The molecule has 2 atom stereocenters. The second kappa shape index (κ2) is 7.95. The van der Waals surface area contributed by atoms with Crippen molar-refractivity contribution in [2.45, 2.75) is 18.6 Å². The SMILES string of the molecule is C[C@H](CCNC(=O)c1cnn(-c2ccc(Cl)cc2Cl)c1)[S@](C)=O. The monoisotopic (exact) mass is 373 g/mol. The summed E-state index contributed by atoms with van der Waals surface area (Å²) in [5, 5.41) is 7.97. The normalized spacial score (nSPS) is 13.6. The Morgan fingerprint density at radius 2 is 2.17 bits per heavy atom. The van der Waals surface area contributed by atoms with Crippen LogP contribution in [-0.4, -0.2) is 37.9 Å². The quantitative estimate of drug-likeness (QED) is 0.845. The van der Waals surface area contributed by atoms with Gasteiger partial charge in [-0.2, -0.15) is 5.10 Å². The molecule has 1 amide bonds. The first-order valence-corrected chi connectivity index (χ1v) is 9.36. The molecule has 0 unspecified atom stereocenters. The molecule has 124 valence electrons. The number of carbonyl (C=O) groups excluding carboxylic acids is 1. The first kappa shape index (κ1) is 18.0. The van der Waals surface area contributed by atoms with Crippen molar-refractivity contribution in [2.24, 2.45) is 0 Å². The van der Waals surface area contributed by atoms with E-state index < -0.39 is 10.8 Å². The summed E-state index contributed by atoms with van der Waals surface area (Å²) in [6.45, 7) is 2.36. The van der Waals surface area contributed by atoms with Gasteiger partial charge in [0.1, 0.15) is 0 Å². The molecular weight excluding hydrogens is 357 g/mol. The number of carbonyl (C=O) groups is 1. The van der Waals surface area contributed by atoms with Crippen molar-refractivity contribution >= 4 is 39.9 Å². The standard InChI is InChI=1S/C15H17Cl2N3O2S/c1-10(23(2)22)5-6-18-15(21)11-8-19-20(9-11)14-4-3-12(16)7-13(14)17/h3-4,7-10H,5-6H2,1-2H3,(H,18,21)/t10-,23+/m1/s1. The highest BCUT2D eigenvalue weighted by Gasteiger charge is 2.12. The van der Waals surface area contributed by atoms with Crippen LogP contribution in [0.25, 0.3) is 5.69 Å². The number of aromatic nitrogens is 2. The highest BCUT2D eigenvalue weighted by Crippen LogP contribution is 2.24. The van der Waals surface area contributed by atoms with Crippen LogP contribution in [0.3, 0.4) is 0 Å². The molecular formula is C15H17Cl2N3O2S. The van der Waals surface area contributed by atoms with Gasteiger partial charge in [-0.25, -0.2) is 4.68 Å². The van der Waals surface area contributed by atoms with Crippen LogP contribution in [0.4, 0.5) is 0 Å². The third-order valence-corrected chi connectivity index (χ3v) is 5.31. The summed E-state index contributed by atoms with van der Waals surface area (Å²) in [6.07, 6.45) is 5.39. The van der Waals surface area contributed by atoms with E-state index in [2.05, 4.69) is 10.4 Å². The molecule has 0 radical (unpaired) electrons. The van der Waals surface area contributed by atoms with E-state index >= 15 is 0 Å². The zero-order valence-electron chi connectivity index (χ0n) is 12.8. The number of benzene rings is 1. The number of hydrogen-bond acceptors (Lipinski definition) is 3. The lowest BCUT2D eigenvalue weighted by atomic mass is 10.3. The van der Waals surface area contributed by atoms with E-state index in [4.69, 9.17) is 23.2 Å². The molecule has 2 rings (SSSR count). The molecule has 0 aliphatic rings. The van der Waals surface area contributed by atoms with E-state index in [1.165, 1.54) is 10.9 Å². The number of nitrogens with one attached hydrogen (secondary N) is 1. The Labute approximate surface area is 147 Å². The van der Waals surface area contributed by atoms with Crippen molar-refractivity contribution < 1.29 is 9.00 Å². The van der Waals surface area contributed by atoms with Crippen LogP contribution < -0.4 is 5.32 Å². The molecule has 0 saturated heterocycles. The molecule has 8 heteroatoms. The van der Waals surface area contributed by atoms with E-state index in [1.54, 1.807) is 30.7 Å². The van der Waals surface area contributed by atoms with Crippen LogP contribution in [0.1, 0.15) is 23.7 Å². The third-order valence-electron chi connectivity index (χ3n) is 3.40. The lowest BCUT2D eigenvalue weighted by Crippen LogP contribution is -2.27. The van der Waals surface area contributed by atoms with E-state index in [1.807, 2.05) is 6.92 Å². The minimum atomic E-state index is -0.888. The molecule has 0 saturated carbocycles. The van der Waals surface area contributed by atoms with E-state index in [-0.39, 0.29) is 11.2 Å². The van der Waals surface area contributed by atoms with Gasteiger partial charge in [0.15, 0.2) is 0 Å². The van der Waals surface area contributed by atoms with Gasteiger partial charge >= 0.3 is 0 Å². The molecule has 0 aliphatic carbocycles. The summed E-state index contributed by atoms with van der Waals surface area (Å²) in [5.41, 5.74) is 1.08. The topological polar surface area (TPSA) is 64.0 Å². The minimum Gasteiger partial charge on any atom is -0.352 e. The van der Waals surface area contributed by atoms with E-state index in [0.29, 0.717) is 34.3 Å². The number of nitrogens with zero attached hydrogens (tertiary/aromatic N) is 2. The van der Waals surface area contributed by atoms with Crippen molar-refractivity contribution in [3.8, 4) is 5.69 Å². The predicted molar refractivity (Wildman–Crippen MR) is 94.1 cm³/mol. The lowest BCUT2D eigenvalue weighted by Gasteiger charge is -2.08.